The lowest BCUT2D eigenvalue weighted by Crippen LogP contribution is -1.99. The van der Waals surface area contributed by atoms with E-state index in [-0.39, 0.29) is 5.92 Å². The number of hydrogen-bond acceptors (Lipinski definition) is 7. The Kier molecular flexibility index (Phi) is 3.19. The topological polar surface area (TPSA) is 87.1 Å². The zero-order valence-corrected chi connectivity index (χ0v) is 13.0. The van der Waals surface area contributed by atoms with E-state index in [4.69, 9.17) is 13.8 Å². The van der Waals surface area contributed by atoms with Crippen molar-refractivity contribution in [3.63, 3.8) is 0 Å². The first-order valence-corrected chi connectivity index (χ1v) is 8.22. The monoisotopic (exact) mass is 324 g/mol. The van der Waals surface area contributed by atoms with Crippen molar-refractivity contribution in [2.24, 2.45) is 0 Å². The van der Waals surface area contributed by atoms with Crippen LogP contribution in [0.3, 0.4) is 0 Å². The first-order valence-electron chi connectivity index (χ1n) is 8.22. The second-order valence-corrected chi connectivity index (χ2v) is 6.33. The van der Waals surface area contributed by atoms with Crippen LogP contribution in [-0.2, 0) is 4.74 Å². The molecule has 1 atom stereocenters. The molecule has 0 unspecified atom stereocenters. The molecule has 24 heavy (non-hydrogen) atoms. The third kappa shape index (κ3) is 2.50. The molecule has 1 saturated heterocycles. The first-order chi connectivity index (χ1) is 11.9. The standard InChI is InChI=1S/C17H16N4O3/c1-2-10(1)14-18-16(23-20-14)11-3-5-12(6-4-11)17-19-15(21-24-17)13-7-8-22-9-13/h3-6,10,13H,1-2,7-9H2/t13-/m0/s1. The molecule has 0 N–H and O–H groups in total. The Balaban J connectivity index is 1.37. The highest BCUT2D eigenvalue weighted by atomic mass is 16.5. The molecule has 7 nitrogen and oxygen atoms in total. The van der Waals surface area contributed by atoms with Gasteiger partial charge in [-0.25, -0.2) is 0 Å². The minimum atomic E-state index is 0.237. The van der Waals surface area contributed by atoms with Gasteiger partial charge in [0.15, 0.2) is 11.6 Å². The third-order valence-electron chi connectivity index (χ3n) is 4.50. The molecule has 2 aromatic heterocycles. The van der Waals surface area contributed by atoms with Crippen LogP contribution in [0.2, 0.25) is 0 Å². The Morgan fingerprint density at radius 1 is 0.750 bits per heavy atom. The van der Waals surface area contributed by atoms with Gasteiger partial charge in [0.2, 0.25) is 0 Å². The summed E-state index contributed by atoms with van der Waals surface area (Å²) in [5.41, 5.74) is 1.76. The van der Waals surface area contributed by atoms with Crippen molar-refractivity contribution >= 4 is 0 Å². The van der Waals surface area contributed by atoms with Gasteiger partial charge in [0.25, 0.3) is 11.8 Å². The summed E-state index contributed by atoms with van der Waals surface area (Å²) in [7, 11) is 0. The van der Waals surface area contributed by atoms with Gasteiger partial charge >= 0.3 is 0 Å². The van der Waals surface area contributed by atoms with Crippen LogP contribution in [-0.4, -0.2) is 33.5 Å². The quantitative estimate of drug-likeness (QED) is 0.728. The molecule has 1 aromatic carbocycles. The van der Waals surface area contributed by atoms with Gasteiger partial charge in [0.1, 0.15) is 0 Å². The lowest BCUT2D eigenvalue weighted by Gasteiger charge is -1.98. The molecule has 5 rings (SSSR count). The molecule has 0 bridgehead atoms. The van der Waals surface area contributed by atoms with Gasteiger partial charge in [-0.2, -0.15) is 9.97 Å². The number of hydrogen-bond donors (Lipinski definition) is 0. The van der Waals surface area contributed by atoms with Crippen molar-refractivity contribution in [3.05, 3.63) is 35.9 Å². The van der Waals surface area contributed by atoms with E-state index in [1.807, 2.05) is 24.3 Å². The molecule has 2 fully saturated rings. The second kappa shape index (κ2) is 5.52. The SMILES string of the molecule is c1cc(-c2nc([C@H]3CCOC3)no2)ccc1-c1nc(C2CC2)no1. The number of ether oxygens (including phenoxy) is 1. The molecule has 122 valence electrons. The summed E-state index contributed by atoms with van der Waals surface area (Å²) in [6.07, 6.45) is 3.26. The fourth-order valence-electron chi connectivity index (χ4n) is 2.87. The molecule has 3 aromatic rings. The summed E-state index contributed by atoms with van der Waals surface area (Å²) in [4.78, 5) is 8.95. The summed E-state index contributed by atoms with van der Waals surface area (Å²) in [6, 6.07) is 7.72. The molecule has 1 aliphatic heterocycles. The summed E-state index contributed by atoms with van der Waals surface area (Å²) in [5, 5.41) is 8.12. The zero-order valence-electron chi connectivity index (χ0n) is 13.0. The molecule has 1 aliphatic carbocycles. The van der Waals surface area contributed by atoms with Gasteiger partial charge in [0.05, 0.1) is 6.61 Å². The highest BCUT2D eigenvalue weighted by molar-refractivity contribution is 5.61. The Labute approximate surface area is 138 Å². The van der Waals surface area contributed by atoms with Crippen LogP contribution in [0.4, 0.5) is 0 Å². The maximum absolute atomic E-state index is 5.38. The van der Waals surface area contributed by atoms with Crippen LogP contribution in [0.25, 0.3) is 22.9 Å². The Hall–Kier alpha value is -2.54. The molecule has 2 aliphatic rings. The van der Waals surface area contributed by atoms with E-state index in [0.717, 1.165) is 48.6 Å². The molecular weight excluding hydrogens is 308 g/mol. The van der Waals surface area contributed by atoms with E-state index in [1.165, 1.54) is 0 Å². The Bertz CT molecular complexity index is 845. The molecule has 1 saturated carbocycles. The van der Waals surface area contributed by atoms with Crippen LogP contribution in [0.1, 0.15) is 42.7 Å². The lowest BCUT2D eigenvalue weighted by atomic mass is 10.1. The molecule has 0 amide bonds. The number of nitrogens with zero attached hydrogens (tertiary/aromatic N) is 4. The molecule has 7 heteroatoms. The van der Waals surface area contributed by atoms with E-state index in [9.17, 15) is 0 Å². The number of aromatic nitrogens is 4. The minimum Gasteiger partial charge on any atom is -0.381 e. The second-order valence-electron chi connectivity index (χ2n) is 6.33. The number of rotatable bonds is 4. The fourth-order valence-corrected chi connectivity index (χ4v) is 2.87. The maximum Gasteiger partial charge on any atom is 0.257 e. The third-order valence-corrected chi connectivity index (χ3v) is 4.50. The van der Waals surface area contributed by atoms with Crippen LogP contribution in [0.5, 0.6) is 0 Å². The summed E-state index contributed by atoms with van der Waals surface area (Å²) in [5.74, 6) is 3.33. The van der Waals surface area contributed by atoms with Gasteiger partial charge in [-0.3, -0.25) is 0 Å². The summed E-state index contributed by atoms with van der Waals surface area (Å²) >= 11 is 0. The largest absolute Gasteiger partial charge is 0.381 e. The highest BCUT2D eigenvalue weighted by Crippen LogP contribution is 2.39. The molecule has 3 heterocycles. The Morgan fingerprint density at radius 2 is 1.33 bits per heavy atom. The van der Waals surface area contributed by atoms with Crippen LogP contribution >= 0.6 is 0 Å². The predicted molar refractivity (Wildman–Crippen MR) is 83.2 cm³/mol. The minimum absolute atomic E-state index is 0.237. The van der Waals surface area contributed by atoms with E-state index < -0.39 is 0 Å². The average molecular weight is 324 g/mol. The average Bonchev–Trinajstić information content (AvgIpc) is 3.07. The zero-order chi connectivity index (χ0) is 15.9. The van der Waals surface area contributed by atoms with Crippen LogP contribution in [0.15, 0.2) is 33.3 Å². The van der Waals surface area contributed by atoms with Crippen molar-refractivity contribution in [1.82, 2.24) is 20.3 Å². The van der Waals surface area contributed by atoms with Crippen molar-refractivity contribution in [2.75, 3.05) is 13.2 Å². The normalized spacial score (nSPS) is 20.6. The van der Waals surface area contributed by atoms with Gasteiger partial charge in [-0.15, -0.1) is 0 Å². The van der Waals surface area contributed by atoms with Crippen molar-refractivity contribution in [1.29, 1.82) is 0 Å². The summed E-state index contributed by atoms with van der Waals surface area (Å²) < 4.78 is 16.1. The van der Waals surface area contributed by atoms with Crippen molar-refractivity contribution in [3.8, 4) is 22.9 Å². The van der Waals surface area contributed by atoms with E-state index in [1.54, 1.807) is 0 Å². The Morgan fingerprint density at radius 3 is 1.83 bits per heavy atom. The lowest BCUT2D eigenvalue weighted by molar-refractivity contribution is 0.192. The molecular formula is C17H16N4O3. The van der Waals surface area contributed by atoms with Crippen LogP contribution < -0.4 is 0 Å². The molecule has 0 radical (unpaired) electrons. The van der Waals surface area contributed by atoms with E-state index in [0.29, 0.717) is 24.3 Å². The predicted octanol–water partition coefficient (Wildman–Crippen LogP) is 3.17. The van der Waals surface area contributed by atoms with E-state index in [2.05, 4.69) is 20.3 Å². The fraction of sp³-hybridized carbons (Fsp3) is 0.412. The first kappa shape index (κ1) is 13.9. The summed E-state index contributed by atoms with van der Waals surface area (Å²) in [6.45, 7) is 1.43. The molecule has 0 spiro atoms. The van der Waals surface area contributed by atoms with Gasteiger partial charge in [-0.05, 0) is 43.5 Å². The maximum atomic E-state index is 5.38. The number of benzene rings is 1. The van der Waals surface area contributed by atoms with Crippen molar-refractivity contribution in [2.45, 2.75) is 31.1 Å². The van der Waals surface area contributed by atoms with Crippen molar-refractivity contribution < 1.29 is 13.8 Å². The van der Waals surface area contributed by atoms with Gasteiger partial charge < -0.3 is 13.8 Å². The smallest absolute Gasteiger partial charge is 0.257 e. The van der Waals surface area contributed by atoms with Gasteiger partial charge in [-0.1, -0.05) is 10.3 Å². The highest BCUT2D eigenvalue weighted by Gasteiger charge is 2.29. The van der Waals surface area contributed by atoms with E-state index >= 15 is 0 Å². The van der Waals surface area contributed by atoms with Gasteiger partial charge in [0, 0.05) is 29.6 Å². The van der Waals surface area contributed by atoms with Crippen LogP contribution in [0, 0.1) is 0 Å².